The highest BCUT2D eigenvalue weighted by atomic mass is 16.4. The predicted molar refractivity (Wildman–Crippen MR) is 60.2 cm³/mol. The first-order valence-corrected chi connectivity index (χ1v) is 4.95. The van der Waals surface area contributed by atoms with E-state index in [9.17, 15) is 9.59 Å². The topological polar surface area (TPSA) is 110 Å². The molecule has 0 saturated carbocycles. The zero-order chi connectivity index (χ0) is 13.1. The molecule has 0 saturated heterocycles. The number of aromatic carboxylic acids is 1. The highest BCUT2D eigenvalue weighted by Gasteiger charge is 2.17. The first-order chi connectivity index (χ1) is 8.58. The number of amides is 1. The summed E-state index contributed by atoms with van der Waals surface area (Å²) in [6.07, 6.45) is 0. The largest absolute Gasteiger partial charge is 0.478 e. The predicted octanol–water partition coefficient (Wildman–Crippen LogP) is 0.161. The Morgan fingerprint density at radius 3 is 2.50 bits per heavy atom. The molecular formula is C10H9N5O3. The minimum absolute atomic E-state index is 0.0164. The van der Waals surface area contributed by atoms with Gasteiger partial charge in [0.25, 0.3) is 11.9 Å². The van der Waals surface area contributed by atoms with Crippen molar-refractivity contribution in [3.63, 3.8) is 0 Å². The molecule has 2 N–H and O–H groups in total. The maximum Gasteiger partial charge on any atom is 0.336 e. The molecule has 8 nitrogen and oxygen atoms in total. The summed E-state index contributed by atoms with van der Waals surface area (Å²) in [6, 6.07) is 5.88. The average molecular weight is 247 g/mol. The van der Waals surface area contributed by atoms with Crippen LogP contribution in [0.1, 0.15) is 20.7 Å². The third kappa shape index (κ3) is 2.32. The van der Waals surface area contributed by atoms with E-state index in [1.54, 1.807) is 19.2 Å². The molecule has 1 heterocycles. The van der Waals surface area contributed by atoms with Crippen molar-refractivity contribution in [1.29, 1.82) is 0 Å². The second-order valence-electron chi connectivity index (χ2n) is 3.41. The summed E-state index contributed by atoms with van der Waals surface area (Å²) in [7, 11) is 1.55. The Kier molecular flexibility index (Phi) is 3.00. The summed E-state index contributed by atoms with van der Waals surface area (Å²) in [5.41, 5.74) is -0.0451. The molecule has 8 heteroatoms. The van der Waals surface area contributed by atoms with Crippen molar-refractivity contribution in [2.24, 2.45) is 7.05 Å². The van der Waals surface area contributed by atoms with Crippen LogP contribution in [-0.2, 0) is 7.05 Å². The lowest BCUT2D eigenvalue weighted by molar-refractivity contribution is 0.0692. The Hall–Kier alpha value is -2.77. The SMILES string of the molecule is Cn1nnc(NC(=O)c2ccccc2C(=O)O)n1. The monoisotopic (exact) mass is 247 g/mol. The van der Waals surface area contributed by atoms with Gasteiger partial charge in [-0.1, -0.05) is 17.2 Å². The van der Waals surface area contributed by atoms with E-state index in [0.717, 1.165) is 0 Å². The van der Waals surface area contributed by atoms with Crippen molar-refractivity contribution >= 4 is 17.8 Å². The van der Waals surface area contributed by atoms with Crippen molar-refractivity contribution < 1.29 is 14.7 Å². The number of aromatic nitrogens is 4. The molecule has 0 atom stereocenters. The summed E-state index contributed by atoms with van der Waals surface area (Å²) >= 11 is 0. The van der Waals surface area contributed by atoms with Crippen molar-refractivity contribution in [1.82, 2.24) is 20.2 Å². The zero-order valence-corrected chi connectivity index (χ0v) is 9.36. The molecule has 0 fully saturated rings. The average Bonchev–Trinajstić information content (AvgIpc) is 2.74. The van der Waals surface area contributed by atoms with Gasteiger partial charge in [0.2, 0.25) is 0 Å². The lowest BCUT2D eigenvalue weighted by atomic mass is 10.1. The number of anilines is 1. The van der Waals surface area contributed by atoms with Gasteiger partial charge in [0.05, 0.1) is 18.2 Å². The molecule has 1 aromatic carbocycles. The number of hydrogen-bond donors (Lipinski definition) is 2. The van der Waals surface area contributed by atoms with Gasteiger partial charge in [0.1, 0.15) is 0 Å². The van der Waals surface area contributed by atoms with Gasteiger partial charge < -0.3 is 5.11 Å². The number of carboxylic acids is 1. The number of hydrogen-bond acceptors (Lipinski definition) is 5. The van der Waals surface area contributed by atoms with E-state index in [0.29, 0.717) is 0 Å². The van der Waals surface area contributed by atoms with E-state index in [-0.39, 0.29) is 17.1 Å². The summed E-state index contributed by atoms with van der Waals surface area (Å²) in [6.45, 7) is 0. The van der Waals surface area contributed by atoms with Crippen LogP contribution in [0.4, 0.5) is 5.95 Å². The number of benzene rings is 1. The fourth-order valence-corrected chi connectivity index (χ4v) is 1.37. The molecular weight excluding hydrogens is 238 g/mol. The summed E-state index contributed by atoms with van der Waals surface area (Å²) < 4.78 is 0. The molecule has 0 spiro atoms. The molecule has 18 heavy (non-hydrogen) atoms. The van der Waals surface area contributed by atoms with E-state index in [1.807, 2.05) is 0 Å². The molecule has 0 aliphatic rings. The minimum Gasteiger partial charge on any atom is -0.478 e. The van der Waals surface area contributed by atoms with Crippen LogP contribution < -0.4 is 5.32 Å². The maximum atomic E-state index is 11.9. The number of carbonyl (C=O) groups excluding carboxylic acids is 1. The van der Waals surface area contributed by atoms with Gasteiger partial charge in [-0.3, -0.25) is 10.1 Å². The number of carbonyl (C=O) groups is 2. The van der Waals surface area contributed by atoms with Crippen LogP contribution in [-0.4, -0.2) is 37.2 Å². The Morgan fingerprint density at radius 2 is 1.94 bits per heavy atom. The number of carboxylic acid groups (broad SMARTS) is 1. The second kappa shape index (κ2) is 4.62. The number of nitrogens with one attached hydrogen (secondary N) is 1. The summed E-state index contributed by atoms with van der Waals surface area (Å²) in [4.78, 5) is 24.0. The quantitative estimate of drug-likeness (QED) is 0.799. The normalized spacial score (nSPS) is 10.1. The van der Waals surface area contributed by atoms with E-state index < -0.39 is 11.9 Å². The van der Waals surface area contributed by atoms with E-state index in [2.05, 4.69) is 20.7 Å². The molecule has 0 aliphatic heterocycles. The zero-order valence-electron chi connectivity index (χ0n) is 9.36. The Morgan fingerprint density at radius 1 is 1.28 bits per heavy atom. The summed E-state index contributed by atoms with van der Waals surface area (Å²) in [5, 5.41) is 22.2. The van der Waals surface area contributed by atoms with Gasteiger partial charge in [-0.25, -0.2) is 4.79 Å². The van der Waals surface area contributed by atoms with Crippen LogP contribution in [0.2, 0.25) is 0 Å². The van der Waals surface area contributed by atoms with E-state index in [4.69, 9.17) is 5.11 Å². The lowest BCUT2D eigenvalue weighted by Crippen LogP contribution is -2.17. The van der Waals surface area contributed by atoms with E-state index in [1.165, 1.54) is 16.9 Å². The Balaban J connectivity index is 2.26. The lowest BCUT2D eigenvalue weighted by Gasteiger charge is -2.04. The van der Waals surface area contributed by atoms with Crippen LogP contribution in [0.15, 0.2) is 24.3 Å². The van der Waals surface area contributed by atoms with Crippen molar-refractivity contribution in [3.05, 3.63) is 35.4 Å². The van der Waals surface area contributed by atoms with Crippen molar-refractivity contribution in [3.8, 4) is 0 Å². The number of nitrogens with zero attached hydrogens (tertiary/aromatic N) is 4. The third-order valence-electron chi connectivity index (χ3n) is 2.14. The van der Waals surface area contributed by atoms with Crippen LogP contribution >= 0.6 is 0 Å². The van der Waals surface area contributed by atoms with Gasteiger partial charge in [0.15, 0.2) is 0 Å². The molecule has 1 amide bonds. The molecule has 1 aromatic heterocycles. The number of tetrazole rings is 1. The Bertz CT molecular complexity index is 607. The number of aryl methyl sites for hydroxylation is 1. The fourth-order valence-electron chi connectivity index (χ4n) is 1.37. The highest BCUT2D eigenvalue weighted by molar-refractivity contribution is 6.10. The van der Waals surface area contributed by atoms with Crippen LogP contribution in [0, 0.1) is 0 Å². The van der Waals surface area contributed by atoms with Crippen LogP contribution in [0.3, 0.4) is 0 Å². The molecule has 2 rings (SSSR count). The molecule has 2 aromatic rings. The highest BCUT2D eigenvalue weighted by Crippen LogP contribution is 2.10. The van der Waals surface area contributed by atoms with Gasteiger partial charge in [-0.15, -0.1) is 5.10 Å². The van der Waals surface area contributed by atoms with Gasteiger partial charge >= 0.3 is 5.97 Å². The first kappa shape index (κ1) is 11.7. The van der Waals surface area contributed by atoms with Gasteiger partial charge in [0, 0.05) is 0 Å². The number of rotatable bonds is 3. The van der Waals surface area contributed by atoms with Gasteiger partial charge in [-0.05, 0) is 17.3 Å². The maximum absolute atomic E-state index is 11.9. The smallest absolute Gasteiger partial charge is 0.336 e. The van der Waals surface area contributed by atoms with Crippen LogP contribution in [0.25, 0.3) is 0 Å². The van der Waals surface area contributed by atoms with Crippen LogP contribution in [0.5, 0.6) is 0 Å². The van der Waals surface area contributed by atoms with Crippen molar-refractivity contribution in [2.45, 2.75) is 0 Å². The molecule has 0 radical (unpaired) electrons. The molecule has 0 aliphatic carbocycles. The molecule has 0 bridgehead atoms. The van der Waals surface area contributed by atoms with Gasteiger partial charge in [-0.2, -0.15) is 4.80 Å². The third-order valence-corrected chi connectivity index (χ3v) is 2.14. The molecule has 92 valence electrons. The molecule has 0 unspecified atom stereocenters. The van der Waals surface area contributed by atoms with Crippen molar-refractivity contribution in [2.75, 3.05) is 5.32 Å². The first-order valence-electron chi connectivity index (χ1n) is 4.95. The Labute approximate surface area is 101 Å². The fraction of sp³-hybridized carbons (Fsp3) is 0.100. The standard InChI is InChI=1S/C10H9N5O3/c1-15-13-10(12-14-15)11-8(16)6-4-2-3-5-7(6)9(17)18/h2-5H,1H3,(H,17,18)(H,11,13,16). The van der Waals surface area contributed by atoms with E-state index >= 15 is 0 Å². The second-order valence-corrected chi connectivity index (χ2v) is 3.41. The summed E-state index contributed by atoms with van der Waals surface area (Å²) in [5.74, 6) is -1.75. The minimum atomic E-state index is -1.17.